The van der Waals surface area contributed by atoms with Crippen molar-refractivity contribution in [2.45, 2.75) is 109 Å². The van der Waals surface area contributed by atoms with Gasteiger partial charge in [-0.05, 0) is 44.4 Å². The zero-order chi connectivity index (χ0) is 27.7. The minimum absolute atomic E-state index is 0.0341. The number of carbonyl (C=O) groups is 1. The van der Waals surface area contributed by atoms with Crippen LogP contribution in [0.3, 0.4) is 0 Å². The topological polar surface area (TPSA) is 82.0 Å². The van der Waals surface area contributed by atoms with Crippen LogP contribution in [0.25, 0.3) is 0 Å². The Bertz CT molecular complexity index is 765. The van der Waals surface area contributed by atoms with Crippen LogP contribution in [0.2, 0.25) is 0 Å². The second kappa shape index (κ2) is 18.4. The molecule has 2 aliphatic rings. The van der Waals surface area contributed by atoms with E-state index in [0.717, 1.165) is 38.6 Å². The first-order chi connectivity index (χ1) is 17.8. The maximum absolute atomic E-state index is 12.8. The van der Waals surface area contributed by atoms with E-state index in [1.54, 1.807) is 17.2 Å². The Morgan fingerprint density at radius 1 is 1.19 bits per heavy atom. The fourth-order valence-corrected chi connectivity index (χ4v) is 4.97. The summed E-state index contributed by atoms with van der Waals surface area (Å²) in [5.74, 6) is 6.37. The van der Waals surface area contributed by atoms with Crippen LogP contribution in [0.4, 0.5) is 0 Å². The molecule has 0 spiro atoms. The zero-order valence-electron chi connectivity index (χ0n) is 23.6. The molecule has 3 N–H and O–H groups in total. The lowest BCUT2D eigenvalue weighted by molar-refractivity contribution is -0.170. The number of carbonyl (C=O) groups excluding carboxylic acids is 1. The first-order valence-electron chi connectivity index (χ1n) is 14.3. The minimum Gasteiger partial charge on any atom is -0.394 e. The standard InChI is InChI=1S/C18H32N2O3.C13H20O/c1-3-8-15-16(13-21)23-20(11-4-2)17(15)18(22)19-12-14-9-6-5-7-10-14;1-5-8-10-13(14,7-3)11-9-12(4)6-2/h4,14-17,21H,2-3,5-13H2,1H3,(H,19,22);6,14H,2,4-5,7-8,10H2,1,3H3. The summed E-state index contributed by atoms with van der Waals surface area (Å²) >= 11 is 0. The smallest absolute Gasteiger partial charge is 0.240 e. The van der Waals surface area contributed by atoms with E-state index in [1.807, 2.05) is 6.92 Å². The van der Waals surface area contributed by atoms with E-state index in [1.165, 1.54) is 32.1 Å². The number of hydroxylamine groups is 2. The minimum atomic E-state index is -0.845. The van der Waals surface area contributed by atoms with Crippen molar-refractivity contribution in [3.63, 3.8) is 0 Å². The molecule has 0 bridgehead atoms. The van der Waals surface area contributed by atoms with E-state index in [9.17, 15) is 15.0 Å². The van der Waals surface area contributed by atoms with Gasteiger partial charge in [0.2, 0.25) is 5.91 Å². The van der Waals surface area contributed by atoms with Gasteiger partial charge in [0, 0.05) is 24.6 Å². The first kappa shape index (κ1) is 33.1. The lowest BCUT2D eigenvalue weighted by atomic mass is 9.88. The fraction of sp³-hybridized carbons (Fsp3) is 0.710. The van der Waals surface area contributed by atoms with E-state index in [4.69, 9.17) is 4.84 Å². The number of allylic oxidation sites excluding steroid dienone is 2. The number of nitrogens with one attached hydrogen (secondary N) is 1. The van der Waals surface area contributed by atoms with Gasteiger partial charge in [-0.1, -0.05) is 90.0 Å². The summed E-state index contributed by atoms with van der Waals surface area (Å²) in [5.41, 5.74) is -0.185. The van der Waals surface area contributed by atoms with Gasteiger partial charge in [-0.3, -0.25) is 9.63 Å². The third-order valence-corrected chi connectivity index (χ3v) is 7.36. The summed E-state index contributed by atoms with van der Waals surface area (Å²) in [6.45, 7) is 18.4. The van der Waals surface area contributed by atoms with Gasteiger partial charge in [0.15, 0.2) is 0 Å². The van der Waals surface area contributed by atoms with Crippen molar-refractivity contribution >= 4 is 5.91 Å². The quantitative estimate of drug-likeness (QED) is 0.175. The average molecular weight is 517 g/mol. The molecular formula is C31H52N2O4. The number of hydrogen-bond acceptors (Lipinski definition) is 5. The summed E-state index contributed by atoms with van der Waals surface area (Å²) in [7, 11) is 0. The highest BCUT2D eigenvalue weighted by Gasteiger charge is 2.45. The molecule has 2 rings (SSSR count). The molecule has 1 saturated heterocycles. The SMILES string of the molecule is C=CC(=C)C#CC(O)(CC)CCCC.C=CCN1OC(CO)C(CCC)C1C(=O)NCC1CCCCC1. The molecule has 0 aromatic heterocycles. The van der Waals surface area contributed by atoms with Crippen LogP contribution in [0.1, 0.15) is 91.4 Å². The average Bonchev–Trinajstić information content (AvgIpc) is 3.27. The molecule has 2 fully saturated rings. The Kier molecular flexibility index (Phi) is 16.4. The molecule has 1 heterocycles. The molecule has 1 saturated carbocycles. The van der Waals surface area contributed by atoms with Gasteiger partial charge in [0.05, 0.1) is 6.61 Å². The van der Waals surface area contributed by atoms with E-state index < -0.39 is 5.60 Å². The van der Waals surface area contributed by atoms with Crippen LogP contribution in [0, 0.1) is 23.7 Å². The van der Waals surface area contributed by atoms with E-state index in [0.29, 0.717) is 24.5 Å². The van der Waals surface area contributed by atoms with E-state index in [2.05, 4.69) is 50.7 Å². The Labute approximate surface area is 226 Å². The number of amides is 1. The maximum atomic E-state index is 12.8. The van der Waals surface area contributed by atoms with Gasteiger partial charge in [-0.2, -0.15) is 5.06 Å². The molecule has 4 atom stereocenters. The fourth-order valence-electron chi connectivity index (χ4n) is 4.97. The summed E-state index contributed by atoms with van der Waals surface area (Å²) in [6.07, 6.45) is 14.7. The van der Waals surface area contributed by atoms with E-state index in [-0.39, 0.29) is 30.6 Å². The first-order valence-corrected chi connectivity index (χ1v) is 14.3. The number of aliphatic hydroxyl groups excluding tert-OH is 1. The molecule has 0 radical (unpaired) electrons. The monoisotopic (exact) mass is 516 g/mol. The van der Waals surface area contributed by atoms with E-state index >= 15 is 0 Å². The molecular weight excluding hydrogens is 464 g/mol. The van der Waals surface area contributed by atoms with Crippen molar-refractivity contribution in [1.29, 1.82) is 0 Å². The maximum Gasteiger partial charge on any atom is 0.240 e. The molecule has 4 unspecified atom stereocenters. The van der Waals surface area contributed by atoms with Gasteiger partial charge in [0.1, 0.15) is 17.7 Å². The number of unbranched alkanes of at least 4 members (excludes halogenated alkanes) is 1. The molecule has 210 valence electrons. The Hall–Kier alpha value is -1.91. The highest BCUT2D eigenvalue weighted by Crippen LogP contribution is 2.31. The number of hydrogen-bond donors (Lipinski definition) is 3. The second-order valence-electron chi connectivity index (χ2n) is 10.3. The molecule has 0 aromatic rings. The predicted molar refractivity (Wildman–Crippen MR) is 153 cm³/mol. The van der Waals surface area contributed by atoms with Crippen molar-refractivity contribution in [3.8, 4) is 11.8 Å². The molecule has 1 aliphatic carbocycles. The second-order valence-corrected chi connectivity index (χ2v) is 10.3. The lowest BCUT2D eigenvalue weighted by Gasteiger charge is -2.26. The Morgan fingerprint density at radius 2 is 1.89 bits per heavy atom. The summed E-state index contributed by atoms with van der Waals surface area (Å²) in [6, 6.07) is -0.325. The Morgan fingerprint density at radius 3 is 2.43 bits per heavy atom. The number of aliphatic hydroxyl groups is 2. The number of nitrogens with zero attached hydrogens (tertiary/aromatic N) is 1. The predicted octanol–water partition coefficient (Wildman–Crippen LogP) is 5.33. The Balaban J connectivity index is 0.000000422. The van der Waals surface area contributed by atoms with Gasteiger partial charge < -0.3 is 15.5 Å². The highest BCUT2D eigenvalue weighted by atomic mass is 16.7. The summed E-state index contributed by atoms with van der Waals surface area (Å²) in [4.78, 5) is 18.6. The molecule has 37 heavy (non-hydrogen) atoms. The van der Waals surface area contributed by atoms with Crippen LogP contribution in [0.5, 0.6) is 0 Å². The van der Waals surface area contributed by atoms with Gasteiger partial charge >= 0.3 is 0 Å². The van der Waals surface area contributed by atoms with Crippen LogP contribution in [0.15, 0.2) is 37.5 Å². The van der Waals surface area contributed by atoms with Crippen LogP contribution >= 0.6 is 0 Å². The van der Waals surface area contributed by atoms with Crippen LogP contribution in [-0.2, 0) is 9.63 Å². The molecule has 1 amide bonds. The molecule has 1 aliphatic heterocycles. The molecule has 6 heteroatoms. The largest absolute Gasteiger partial charge is 0.394 e. The summed E-state index contributed by atoms with van der Waals surface area (Å²) in [5, 5.41) is 24.5. The summed E-state index contributed by atoms with van der Waals surface area (Å²) < 4.78 is 0. The third-order valence-electron chi connectivity index (χ3n) is 7.36. The van der Waals surface area contributed by atoms with Crippen molar-refractivity contribution in [2.75, 3.05) is 19.7 Å². The van der Waals surface area contributed by atoms with Crippen molar-refractivity contribution in [3.05, 3.63) is 37.5 Å². The van der Waals surface area contributed by atoms with Gasteiger partial charge in [-0.15, -0.1) is 6.58 Å². The zero-order valence-corrected chi connectivity index (χ0v) is 23.6. The van der Waals surface area contributed by atoms with Gasteiger partial charge in [-0.25, -0.2) is 0 Å². The molecule has 0 aromatic carbocycles. The van der Waals surface area contributed by atoms with Crippen molar-refractivity contribution in [2.24, 2.45) is 11.8 Å². The lowest BCUT2D eigenvalue weighted by Crippen LogP contribution is -2.47. The van der Waals surface area contributed by atoms with Crippen molar-refractivity contribution in [1.82, 2.24) is 10.4 Å². The molecule has 6 nitrogen and oxygen atoms in total. The van der Waals surface area contributed by atoms with Crippen LogP contribution < -0.4 is 5.32 Å². The normalized spacial score (nSPS) is 23.5. The van der Waals surface area contributed by atoms with Gasteiger partial charge in [0.25, 0.3) is 0 Å². The highest BCUT2D eigenvalue weighted by molar-refractivity contribution is 5.82. The van der Waals surface area contributed by atoms with Crippen LogP contribution in [-0.4, -0.2) is 58.6 Å². The van der Waals surface area contributed by atoms with Crippen molar-refractivity contribution < 1.29 is 19.8 Å². The third kappa shape index (κ3) is 11.6. The number of rotatable bonds is 13.